The van der Waals surface area contributed by atoms with Gasteiger partial charge >= 0.3 is 0 Å². The number of aryl methyl sites for hydroxylation is 1. The molecule has 0 aromatic heterocycles. The lowest BCUT2D eigenvalue weighted by Gasteiger charge is -2.30. The van der Waals surface area contributed by atoms with Crippen molar-refractivity contribution in [1.82, 2.24) is 0 Å². The molecule has 4 heteroatoms. The average molecular weight is 267 g/mol. The standard InChI is InChI=1S/C14H21NO2S/c1-2-3-4-7-11-15-14-9-6-5-8-13(14)10-12-18(15,16)17/h5-6,8-9H,2-4,7,10-12H2,1H3. The summed E-state index contributed by atoms with van der Waals surface area (Å²) in [5.41, 5.74) is 2.04. The first kappa shape index (κ1) is 13.4. The van der Waals surface area contributed by atoms with Gasteiger partial charge in [-0.2, -0.15) is 0 Å². The summed E-state index contributed by atoms with van der Waals surface area (Å²) in [6, 6.07) is 7.85. The molecule has 0 fully saturated rings. The Bertz CT molecular complexity index is 496. The Hall–Kier alpha value is -1.03. The summed E-state index contributed by atoms with van der Waals surface area (Å²) in [7, 11) is -3.09. The van der Waals surface area contributed by atoms with Crippen molar-refractivity contribution in [3.63, 3.8) is 0 Å². The van der Waals surface area contributed by atoms with Crippen LogP contribution in [0.2, 0.25) is 0 Å². The molecule has 0 saturated heterocycles. The third-order valence-corrected chi connectivity index (χ3v) is 5.21. The second-order valence-corrected chi connectivity index (χ2v) is 6.84. The first-order chi connectivity index (χ1) is 8.65. The van der Waals surface area contributed by atoms with Crippen LogP contribution in [0.5, 0.6) is 0 Å². The number of nitrogens with zero attached hydrogens (tertiary/aromatic N) is 1. The highest BCUT2D eigenvalue weighted by atomic mass is 32.2. The van der Waals surface area contributed by atoms with Crippen LogP contribution in [0, 0.1) is 0 Å². The van der Waals surface area contributed by atoms with Gasteiger partial charge in [-0.25, -0.2) is 8.42 Å². The molecule has 0 saturated carbocycles. The molecule has 3 nitrogen and oxygen atoms in total. The van der Waals surface area contributed by atoms with E-state index in [1.807, 2.05) is 24.3 Å². The van der Waals surface area contributed by atoms with E-state index in [1.54, 1.807) is 4.31 Å². The summed E-state index contributed by atoms with van der Waals surface area (Å²) in [5, 5.41) is 0. The Morgan fingerprint density at radius 1 is 1.17 bits per heavy atom. The summed E-state index contributed by atoms with van der Waals surface area (Å²) in [4.78, 5) is 0. The molecule has 0 aliphatic carbocycles. The van der Waals surface area contributed by atoms with Gasteiger partial charge in [-0.05, 0) is 24.5 Å². The molecule has 0 spiro atoms. The molecule has 100 valence electrons. The summed E-state index contributed by atoms with van der Waals surface area (Å²) < 4.78 is 25.9. The van der Waals surface area contributed by atoms with Crippen LogP contribution >= 0.6 is 0 Å². The fraction of sp³-hybridized carbons (Fsp3) is 0.571. The molecule has 18 heavy (non-hydrogen) atoms. The van der Waals surface area contributed by atoms with Crippen molar-refractivity contribution in [3.8, 4) is 0 Å². The fourth-order valence-corrected chi connectivity index (χ4v) is 3.99. The molecule has 1 aromatic rings. The zero-order valence-electron chi connectivity index (χ0n) is 10.9. The van der Waals surface area contributed by atoms with Crippen LogP contribution in [-0.4, -0.2) is 20.7 Å². The van der Waals surface area contributed by atoms with Crippen LogP contribution in [0.4, 0.5) is 5.69 Å². The zero-order valence-corrected chi connectivity index (χ0v) is 11.7. The van der Waals surface area contributed by atoms with Crippen LogP contribution in [0.3, 0.4) is 0 Å². The molecule has 0 bridgehead atoms. The van der Waals surface area contributed by atoms with Gasteiger partial charge in [0, 0.05) is 6.54 Å². The number of para-hydroxylation sites is 1. The molecule has 1 heterocycles. The van der Waals surface area contributed by atoms with Crippen molar-refractivity contribution in [2.24, 2.45) is 0 Å². The molecule has 0 radical (unpaired) electrons. The number of hydrogen-bond donors (Lipinski definition) is 0. The van der Waals surface area contributed by atoms with Crippen LogP contribution < -0.4 is 4.31 Å². The monoisotopic (exact) mass is 267 g/mol. The van der Waals surface area contributed by atoms with Crippen molar-refractivity contribution >= 4 is 15.7 Å². The molecular weight excluding hydrogens is 246 g/mol. The minimum atomic E-state index is -3.09. The Kier molecular flexibility index (Phi) is 4.27. The van der Waals surface area contributed by atoms with Crippen molar-refractivity contribution in [3.05, 3.63) is 29.8 Å². The molecule has 1 aliphatic rings. The summed E-state index contributed by atoms with van der Waals surface area (Å²) in [5.74, 6) is 0.248. The highest BCUT2D eigenvalue weighted by Gasteiger charge is 2.28. The lowest BCUT2D eigenvalue weighted by Crippen LogP contribution is -2.38. The van der Waals surface area contributed by atoms with Crippen molar-refractivity contribution in [2.45, 2.75) is 39.0 Å². The summed E-state index contributed by atoms with van der Waals surface area (Å²) >= 11 is 0. The number of sulfonamides is 1. The lowest BCUT2D eigenvalue weighted by molar-refractivity contribution is 0.582. The molecule has 0 unspecified atom stereocenters. The van der Waals surface area contributed by atoms with Crippen LogP contribution in [0.25, 0.3) is 0 Å². The maximum Gasteiger partial charge on any atom is 0.235 e. The third-order valence-electron chi connectivity index (χ3n) is 3.44. The minimum absolute atomic E-state index is 0.248. The predicted molar refractivity (Wildman–Crippen MR) is 75.4 cm³/mol. The van der Waals surface area contributed by atoms with Crippen LogP contribution in [0.15, 0.2) is 24.3 Å². The van der Waals surface area contributed by atoms with Crippen LogP contribution in [0.1, 0.15) is 38.2 Å². The lowest BCUT2D eigenvalue weighted by atomic mass is 10.1. The first-order valence-electron chi connectivity index (χ1n) is 6.73. The molecule has 0 amide bonds. The van der Waals surface area contributed by atoms with Gasteiger partial charge in [-0.15, -0.1) is 0 Å². The SMILES string of the molecule is CCCCCCN1c2ccccc2CCS1(=O)=O. The third kappa shape index (κ3) is 2.86. The van der Waals surface area contributed by atoms with Crippen molar-refractivity contribution in [2.75, 3.05) is 16.6 Å². The second kappa shape index (κ2) is 5.74. The van der Waals surface area contributed by atoms with Gasteiger partial charge in [0.15, 0.2) is 0 Å². The fourth-order valence-electron chi connectivity index (χ4n) is 2.41. The Morgan fingerprint density at radius 3 is 2.72 bits per heavy atom. The van der Waals surface area contributed by atoms with E-state index in [0.29, 0.717) is 13.0 Å². The Morgan fingerprint density at radius 2 is 1.94 bits per heavy atom. The smallest absolute Gasteiger partial charge is 0.235 e. The summed E-state index contributed by atoms with van der Waals surface area (Å²) in [6.45, 7) is 2.78. The molecular formula is C14H21NO2S. The van der Waals surface area contributed by atoms with E-state index in [-0.39, 0.29) is 5.75 Å². The highest BCUT2D eigenvalue weighted by Crippen LogP contribution is 2.29. The van der Waals surface area contributed by atoms with E-state index >= 15 is 0 Å². The van der Waals surface area contributed by atoms with Crippen molar-refractivity contribution < 1.29 is 8.42 Å². The van der Waals surface area contributed by atoms with Gasteiger partial charge in [0.2, 0.25) is 10.0 Å². The second-order valence-electron chi connectivity index (χ2n) is 4.83. The topological polar surface area (TPSA) is 37.4 Å². The highest BCUT2D eigenvalue weighted by molar-refractivity contribution is 7.92. The number of rotatable bonds is 5. The normalized spacial score (nSPS) is 17.5. The minimum Gasteiger partial charge on any atom is -0.270 e. The van der Waals surface area contributed by atoms with E-state index < -0.39 is 10.0 Å². The molecule has 0 N–H and O–H groups in total. The van der Waals surface area contributed by atoms with Gasteiger partial charge in [0.1, 0.15) is 0 Å². The number of benzene rings is 1. The maximum atomic E-state index is 12.1. The van der Waals surface area contributed by atoms with Gasteiger partial charge in [-0.1, -0.05) is 44.4 Å². The van der Waals surface area contributed by atoms with Gasteiger partial charge in [-0.3, -0.25) is 4.31 Å². The van der Waals surface area contributed by atoms with E-state index in [4.69, 9.17) is 0 Å². The molecule has 2 rings (SSSR count). The number of hydrogen-bond acceptors (Lipinski definition) is 2. The molecule has 1 aliphatic heterocycles. The molecule has 1 aromatic carbocycles. The quantitative estimate of drug-likeness (QED) is 0.769. The average Bonchev–Trinajstić information content (AvgIpc) is 2.36. The van der Waals surface area contributed by atoms with Gasteiger partial charge < -0.3 is 0 Å². The van der Waals surface area contributed by atoms with Crippen molar-refractivity contribution in [1.29, 1.82) is 0 Å². The van der Waals surface area contributed by atoms with E-state index in [1.165, 1.54) is 12.8 Å². The number of anilines is 1. The van der Waals surface area contributed by atoms with Gasteiger partial charge in [0.05, 0.1) is 11.4 Å². The predicted octanol–water partition coefficient (Wildman–Crippen LogP) is 2.96. The number of fused-ring (bicyclic) bond motifs is 1. The molecule has 0 atom stereocenters. The Balaban J connectivity index is 2.15. The maximum absolute atomic E-state index is 12.1. The van der Waals surface area contributed by atoms with E-state index in [2.05, 4.69) is 6.92 Å². The summed E-state index contributed by atoms with van der Waals surface area (Å²) in [6.07, 6.45) is 5.04. The van der Waals surface area contributed by atoms with E-state index in [9.17, 15) is 8.42 Å². The zero-order chi connectivity index (χ0) is 13.0. The first-order valence-corrected chi connectivity index (χ1v) is 8.34. The van der Waals surface area contributed by atoms with Crippen LogP contribution in [-0.2, 0) is 16.4 Å². The van der Waals surface area contributed by atoms with Gasteiger partial charge in [0.25, 0.3) is 0 Å². The van der Waals surface area contributed by atoms with E-state index in [0.717, 1.165) is 24.1 Å². The Labute approximate surface area is 110 Å². The number of unbranched alkanes of at least 4 members (excludes halogenated alkanes) is 3. The largest absolute Gasteiger partial charge is 0.270 e.